The molecular formula is C23H26N2O2S2. The number of carbonyl (C=O) groups is 2. The van der Waals surface area contributed by atoms with Crippen LogP contribution in [0.25, 0.3) is 6.08 Å². The van der Waals surface area contributed by atoms with Gasteiger partial charge in [0, 0.05) is 17.0 Å². The third kappa shape index (κ3) is 6.41. The Kier molecular flexibility index (Phi) is 8.25. The molecule has 152 valence electrons. The van der Waals surface area contributed by atoms with Crippen molar-refractivity contribution in [3.05, 3.63) is 64.6 Å². The molecule has 1 aliphatic heterocycles. The van der Waals surface area contributed by atoms with Gasteiger partial charge in [-0.15, -0.1) is 0 Å². The average molecular weight is 427 g/mol. The molecule has 2 N–H and O–H groups in total. The first-order chi connectivity index (χ1) is 14.2. The van der Waals surface area contributed by atoms with Gasteiger partial charge in [-0.25, -0.2) is 0 Å². The average Bonchev–Trinajstić information content (AvgIpc) is 2.74. The molecule has 0 spiro atoms. The highest BCUT2D eigenvalue weighted by molar-refractivity contribution is 8.04. The van der Waals surface area contributed by atoms with E-state index in [1.165, 1.54) is 30.4 Å². The molecule has 2 aromatic carbocycles. The van der Waals surface area contributed by atoms with Gasteiger partial charge < -0.3 is 10.6 Å². The Morgan fingerprint density at radius 2 is 1.93 bits per heavy atom. The summed E-state index contributed by atoms with van der Waals surface area (Å²) >= 11 is 3.36. The SMILES string of the molecule is CCCCSCCCNC(=O)c1ccc2c(c1)NC(=O)C(=Cc1ccccc1)S2. The van der Waals surface area contributed by atoms with Gasteiger partial charge in [-0.2, -0.15) is 11.8 Å². The molecule has 2 amide bonds. The highest BCUT2D eigenvalue weighted by atomic mass is 32.2. The second-order valence-electron chi connectivity index (χ2n) is 6.76. The molecule has 0 unspecified atom stereocenters. The van der Waals surface area contributed by atoms with Gasteiger partial charge in [0.1, 0.15) is 0 Å². The molecule has 0 fully saturated rings. The number of fused-ring (bicyclic) bond motifs is 1. The Morgan fingerprint density at radius 3 is 2.72 bits per heavy atom. The first kappa shape index (κ1) is 21.5. The van der Waals surface area contributed by atoms with Gasteiger partial charge in [-0.3, -0.25) is 9.59 Å². The number of amides is 2. The molecule has 0 saturated carbocycles. The van der Waals surface area contributed by atoms with Crippen LogP contribution in [0.5, 0.6) is 0 Å². The van der Waals surface area contributed by atoms with Gasteiger partial charge in [0.25, 0.3) is 11.8 Å². The van der Waals surface area contributed by atoms with Crippen molar-refractivity contribution in [2.24, 2.45) is 0 Å². The maximum absolute atomic E-state index is 12.5. The van der Waals surface area contributed by atoms with E-state index in [-0.39, 0.29) is 11.8 Å². The van der Waals surface area contributed by atoms with Gasteiger partial charge in [-0.1, -0.05) is 55.4 Å². The molecule has 1 aliphatic rings. The van der Waals surface area contributed by atoms with Crippen LogP contribution in [-0.2, 0) is 4.79 Å². The summed E-state index contributed by atoms with van der Waals surface area (Å²) in [5.74, 6) is 2.00. The van der Waals surface area contributed by atoms with Crippen molar-refractivity contribution >= 4 is 47.1 Å². The highest BCUT2D eigenvalue weighted by Crippen LogP contribution is 2.39. The number of hydrogen-bond acceptors (Lipinski definition) is 4. The minimum atomic E-state index is -0.145. The number of nitrogens with one attached hydrogen (secondary N) is 2. The summed E-state index contributed by atoms with van der Waals surface area (Å²) in [6.45, 7) is 2.86. The molecule has 0 aliphatic carbocycles. The van der Waals surface area contributed by atoms with E-state index in [1.54, 1.807) is 6.07 Å². The van der Waals surface area contributed by atoms with Gasteiger partial charge in [0.2, 0.25) is 0 Å². The zero-order chi connectivity index (χ0) is 20.5. The van der Waals surface area contributed by atoms with E-state index >= 15 is 0 Å². The van der Waals surface area contributed by atoms with Crippen LogP contribution in [0.15, 0.2) is 58.3 Å². The molecule has 29 heavy (non-hydrogen) atoms. The van der Waals surface area contributed by atoms with Crippen LogP contribution in [-0.4, -0.2) is 29.9 Å². The van der Waals surface area contributed by atoms with Crippen LogP contribution < -0.4 is 10.6 Å². The van der Waals surface area contributed by atoms with Crippen LogP contribution >= 0.6 is 23.5 Å². The Bertz CT molecular complexity index is 882. The van der Waals surface area contributed by atoms with Gasteiger partial charge >= 0.3 is 0 Å². The number of hydrogen-bond donors (Lipinski definition) is 2. The number of rotatable bonds is 9. The van der Waals surface area contributed by atoms with Crippen LogP contribution in [0.4, 0.5) is 5.69 Å². The van der Waals surface area contributed by atoms with E-state index < -0.39 is 0 Å². The minimum Gasteiger partial charge on any atom is -0.352 e. The molecule has 4 nitrogen and oxygen atoms in total. The normalized spacial score (nSPS) is 14.4. The lowest BCUT2D eigenvalue weighted by Gasteiger charge is -2.19. The van der Waals surface area contributed by atoms with Gasteiger partial charge in [-0.05, 0) is 54.2 Å². The second-order valence-corrected chi connectivity index (χ2v) is 9.07. The lowest BCUT2D eigenvalue weighted by Crippen LogP contribution is -2.25. The van der Waals surface area contributed by atoms with Crippen LogP contribution in [0.1, 0.15) is 42.1 Å². The quantitative estimate of drug-likeness (QED) is 0.415. The number of thioether (sulfide) groups is 2. The van der Waals surface area contributed by atoms with E-state index in [9.17, 15) is 9.59 Å². The van der Waals surface area contributed by atoms with Crippen LogP contribution in [0.2, 0.25) is 0 Å². The number of benzene rings is 2. The van der Waals surface area contributed by atoms with E-state index in [2.05, 4.69) is 17.6 Å². The Morgan fingerprint density at radius 1 is 1.14 bits per heavy atom. The third-order valence-corrected chi connectivity index (χ3v) is 6.68. The molecule has 0 bridgehead atoms. The minimum absolute atomic E-state index is 0.101. The molecule has 3 rings (SSSR count). The van der Waals surface area contributed by atoms with Crippen molar-refractivity contribution in [2.45, 2.75) is 31.1 Å². The fraction of sp³-hybridized carbons (Fsp3) is 0.304. The lowest BCUT2D eigenvalue weighted by molar-refractivity contribution is -0.112. The van der Waals surface area contributed by atoms with Crippen molar-refractivity contribution in [3.63, 3.8) is 0 Å². The van der Waals surface area contributed by atoms with Crippen molar-refractivity contribution < 1.29 is 9.59 Å². The predicted molar refractivity (Wildman–Crippen MR) is 125 cm³/mol. The summed E-state index contributed by atoms with van der Waals surface area (Å²) in [4.78, 5) is 26.4. The molecular weight excluding hydrogens is 400 g/mol. The Balaban J connectivity index is 1.56. The number of unbranched alkanes of at least 4 members (excludes halogenated alkanes) is 1. The molecule has 0 aromatic heterocycles. The summed E-state index contributed by atoms with van der Waals surface area (Å²) in [5.41, 5.74) is 2.24. The zero-order valence-electron chi connectivity index (χ0n) is 16.6. The molecule has 0 radical (unpaired) electrons. The number of carbonyl (C=O) groups excluding carboxylic acids is 2. The third-order valence-electron chi connectivity index (χ3n) is 4.42. The molecule has 0 atom stereocenters. The maximum atomic E-state index is 12.5. The van der Waals surface area contributed by atoms with Crippen molar-refractivity contribution in [3.8, 4) is 0 Å². The topological polar surface area (TPSA) is 58.2 Å². The van der Waals surface area contributed by atoms with Gasteiger partial charge in [0.05, 0.1) is 10.6 Å². The molecule has 1 heterocycles. The van der Waals surface area contributed by atoms with Crippen molar-refractivity contribution in [1.82, 2.24) is 5.32 Å². The van der Waals surface area contributed by atoms with Crippen molar-refractivity contribution in [2.75, 3.05) is 23.4 Å². The Labute approximate surface area is 180 Å². The van der Waals surface area contributed by atoms with Gasteiger partial charge in [0.15, 0.2) is 0 Å². The largest absolute Gasteiger partial charge is 0.352 e. The summed E-state index contributed by atoms with van der Waals surface area (Å²) in [6, 6.07) is 15.2. The Hall–Kier alpha value is -2.18. The van der Waals surface area contributed by atoms with E-state index in [0.29, 0.717) is 22.7 Å². The standard InChI is InChI=1S/C23H26N2O2S2/c1-2-3-13-28-14-7-12-24-22(26)18-10-11-20-19(16-18)25-23(27)21(29-20)15-17-8-5-4-6-9-17/h4-6,8-11,15-16H,2-3,7,12-14H2,1H3,(H,24,26)(H,25,27). The fourth-order valence-corrected chi connectivity index (χ4v) is 4.81. The van der Waals surface area contributed by atoms with E-state index in [1.807, 2.05) is 60.3 Å². The molecule has 2 aromatic rings. The summed E-state index contributed by atoms with van der Waals surface area (Å²) in [5, 5.41) is 5.88. The van der Waals surface area contributed by atoms with E-state index in [0.717, 1.165) is 22.6 Å². The number of anilines is 1. The van der Waals surface area contributed by atoms with Crippen LogP contribution in [0.3, 0.4) is 0 Å². The molecule has 6 heteroatoms. The molecule has 0 saturated heterocycles. The fourth-order valence-electron chi connectivity index (χ4n) is 2.83. The smallest absolute Gasteiger partial charge is 0.262 e. The first-order valence-electron chi connectivity index (χ1n) is 9.93. The summed E-state index contributed by atoms with van der Waals surface area (Å²) in [7, 11) is 0. The summed E-state index contributed by atoms with van der Waals surface area (Å²) < 4.78 is 0. The first-order valence-corrected chi connectivity index (χ1v) is 11.9. The maximum Gasteiger partial charge on any atom is 0.262 e. The highest BCUT2D eigenvalue weighted by Gasteiger charge is 2.22. The summed E-state index contributed by atoms with van der Waals surface area (Å²) in [6.07, 6.45) is 5.31. The monoisotopic (exact) mass is 426 g/mol. The second kappa shape index (κ2) is 11.1. The predicted octanol–water partition coefficient (Wildman–Crippen LogP) is 5.43. The van der Waals surface area contributed by atoms with Crippen molar-refractivity contribution in [1.29, 1.82) is 0 Å². The van der Waals surface area contributed by atoms with Crippen LogP contribution in [0, 0.1) is 0 Å². The lowest BCUT2D eigenvalue weighted by atomic mass is 10.1. The zero-order valence-corrected chi connectivity index (χ0v) is 18.2. The van der Waals surface area contributed by atoms with E-state index in [4.69, 9.17) is 0 Å².